The van der Waals surface area contributed by atoms with Gasteiger partial charge in [-0.2, -0.15) is 0 Å². The fourth-order valence-corrected chi connectivity index (χ4v) is 4.41. The topological polar surface area (TPSA) is 70.8 Å². The number of carboxylic acids is 1. The third kappa shape index (κ3) is 5.03. The van der Waals surface area contributed by atoms with E-state index in [9.17, 15) is 14.7 Å². The molecule has 1 aliphatic heterocycles. The molecule has 5 nitrogen and oxygen atoms in total. The van der Waals surface area contributed by atoms with Crippen LogP contribution in [0.5, 0.6) is 0 Å². The number of aliphatic carboxylic acids is 1. The number of hydrogen-bond acceptors (Lipinski definition) is 4. The molecule has 0 aromatic carbocycles. The number of hydrogen-bond donors (Lipinski definition) is 1. The smallest absolute Gasteiger partial charge is 0.327 e. The Bertz CT molecular complexity index is 517. The average Bonchev–Trinajstić information content (AvgIpc) is 3.22. The summed E-state index contributed by atoms with van der Waals surface area (Å²) in [5.74, 6) is 0.0344. The molecule has 1 fully saturated rings. The van der Waals surface area contributed by atoms with Crippen LogP contribution in [0.2, 0.25) is 0 Å². The van der Waals surface area contributed by atoms with Gasteiger partial charge in [0, 0.05) is 12.2 Å². The molecule has 1 aromatic rings. The molecule has 1 saturated heterocycles. The van der Waals surface area contributed by atoms with Crippen molar-refractivity contribution in [1.29, 1.82) is 0 Å². The SMILES string of the molecule is CCCCCCCCCC(=O)N1C(C(=O)O)CSC1c1ccco1. The first-order chi connectivity index (χ1) is 11.6. The molecule has 24 heavy (non-hydrogen) atoms. The Balaban J connectivity index is 1.85. The highest BCUT2D eigenvalue weighted by Gasteiger charge is 2.43. The summed E-state index contributed by atoms with van der Waals surface area (Å²) in [7, 11) is 0. The number of carbonyl (C=O) groups is 2. The second-order valence-corrected chi connectivity index (χ2v) is 7.34. The zero-order chi connectivity index (χ0) is 17.4. The van der Waals surface area contributed by atoms with Gasteiger partial charge in [0.15, 0.2) is 0 Å². The standard InChI is InChI=1S/C18H27NO4S/c1-2-3-4-5-6-7-8-11-16(20)19-14(18(21)22)13-24-17(19)15-10-9-12-23-15/h9-10,12,14,17H,2-8,11,13H2,1H3,(H,21,22). The Morgan fingerprint density at radius 1 is 1.25 bits per heavy atom. The normalized spacial score (nSPS) is 20.5. The maximum atomic E-state index is 12.6. The molecule has 2 atom stereocenters. The maximum Gasteiger partial charge on any atom is 0.327 e. The summed E-state index contributed by atoms with van der Waals surface area (Å²) < 4.78 is 5.40. The van der Waals surface area contributed by atoms with Gasteiger partial charge in [-0.3, -0.25) is 4.79 Å². The fraction of sp³-hybridized carbons (Fsp3) is 0.667. The first kappa shape index (κ1) is 18.9. The second kappa shape index (κ2) is 9.77. The zero-order valence-electron chi connectivity index (χ0n) is 14.3. The summed E-state index contributed by atoms with van der Waals surface area (Å²) in [4.78, 5) is 25.6. The quantitative estimate of drug-likeness (QED) is 0.629. The van der Waals surface area contributed by atoms with Gasteiger partial charge in [-0.1, -0.05) is 45.4 Å². The van der Waals surface area contributed by atoms with Crippen LogP contribution in [0, 0.1) is 0 Å². The highest BCUT2D eigenvalue weighted by Crippen LogP contribution is 2.42. The predicted octanol–water partition coefficient (Wildman–Crippen LogP) is 4.45. The number of thioether (sulfide) groups is 1. The Morgan fingerprint density at radius 3 is 2.58 bits per heavy atom. The minimum Gasteiger partial charge on any atom is -0.480 e. The van der Waals surface area contributed by atoms with Crippen molar-refractivity contribution in [3.05, 3.63) is 24.2 Å². The van der Waals surface area contributed by atoms with Gasteiger partial charge in [0.05, 0.1) is 6.26 Å². The van der Waals surface area contributed by atoms with E-state index in [1.807, 2.05) is 0 Å². The van der Waals surface area contributed by atoms with Gasteiger partial charge < -0.3 is 14.4 Å². The first-order valence-corrected chi connectivity index (χ1v) is 9.89. The van der Waals surface area contributed by atoms with Gasteiger partial charge in [0.25, 0.3) is 0 Å². The van der Waals surface area contributed by atoms with Crippen molar-refractivity contribution in [2.24, 2.45) is 0 Å². The van der Waals surface area contributed by atoms with Gasteiger partial charge in [0.1, 0.15) is 17.2 Å². The van der Waals surface area contributed by atoms with E-state index in [2.05, 4.69) is 6.92 Å². The van der Waals surface area contributed by atoms with E-state index in [1.165, 1.54) is 42.3 Å². The highest BCUT2D eigenvalue weighted by molar-refractivity contribution is 7.99. The second-order valence-electron chi connectivity index (χ2n) is 6.23. The average molecular weight is 353 g/mol. The molecule has 1 N–H and O–H groups in total. The summed E-state index contributed by atoms with van der Waals surface area (Å²) in [5.41, 5.74) is 0. The fourth-order valence-electron chi connectivity index (χ4n) is 3.01. The van der Waals surface area contributed by atoms with Crippen LogP contribution in [0.3, 0.4) is 0 Å². The number of amides is 1. The lowest BCUT2D eigenvalue weighted by molar-refractivity contribution is -0.149. The minimum atomic E-state index is -0.940. The van der Waals surface area contributed by atoms with Crippen LogP contribution in [0.15, 0.2) is 22.8 Å². The number of furan rings is 1. The molecule has 134 valence electrons. The van der Waals surface area contributed by atoms with Crippen molar-refractivity contribution in [1.82, 2.24) is 4.90 Å². The van der Waals surface area contributed by atoms with Crippen molar-refractivity contribution in [3.63, 3.8) is 0 Å². The number of unbranched alkanes of at least 4 members (excludes halogenated alkanes) is 6. The molecule has 2 rings (SSSR count). The molecular formula is C18H27NO4S. The number of carboxylic acid groups (broad SMARTS) is 1. The summed E-state index contributed by atoms with van der Waals surface area (Å²) >= 11 is 1.46. The number of rotatable bonds is 10. The Labute approximate surface area is 147 Å². The van der Waals surface area contributed by atoms with Gasteiger partial charge in [-0.25, -0.2) is 4.79 Å². The van der Waals surface area contributed by atoms with Crippen LogP contribution in [0.4, 0.5) is 0 Å². The van der Waals surface area contributed by atoms with Crippen LogP contribution in [0.1, 0.15) is 69.4 Å². The summed E-state index contributed by atoms with van der Waals surface area (Å²) in [6.45, 7) is 2.20. The number of carbonyl (C=O) groups excluding carboxylic acids is 1. The van der Waals surface area contributed by atoms with Gasteiger partial charge in [0.2, 0.25) is 5.91 Å². The molecule has 1 aliphatic rings. The van der Waals surface area contributed by atoms with Crippen LogP contribution in [-0.2, 0) is 9.59 Å². The Morgan fingerprint density at radius 2 is 1.96 bits per heavy atom. The van der Waals surface area contributed by atoms with E-state index in [-0.39, 0.29) is 11.3 Å². The van der Waals surface area contributed by atoms with Crippen molar-refractivity contribution in [3.8, 4) is 0 Å². The van der Waals surface area contributed by atoms with Crippen LogP contribution < -0.4 is 0 Å². The molecule has 0 radical (unpaired) electrons. The van der Waals surface area contributed by atoms with E-state index >= 15 is 0 Å². The van der Waals surface area contributed by atoms with Gasteiger partial charge in [-0.05, 0) is 18.6 Å². The van der Waals surface area contributed by atoms with E-state index in [1.54, 1.807) is 18.4 Å². The molecule has 1 amide bonds. The summed E-state index contributed by atoms with van der Waals surface area (Å²) in [5, 5.41) is 9.08. The lowest BCUT2D eigenvalue weighted by Crippen LogP contribution is -2.42. The van der Waals surface area contributed by atoms with Crippen LogP contribution in [0.25, 0.3) is 0 Å². The monoisotopic (exact) mass is 353 g/mol. The summed E-state index contributed by atoms with van der Waals surface area (Å²) in [6, 6.07) is 2.81. The molecule has 0 bridgehead atoms. The van der Waals surface area contributed by atoms with Crippen molar-refractivity contribution in [2.45, 2.75) is 69.7 Å². The lowest BCUT2D eigenvalue weighted by atomic mass is 10.1. The zero-order valence-corrected chi connectivity index (χ0v) is 15.1. The van der Waals surface area contributed by atoms with Gasteiger partial charge >= 0.3 is 5.97 Å². The molecule has 6 heteroatoms. The lowest BCUT2D eigenvalue weighted by Gasteiger charge is -2.26. The predicted molar refractivity (Wildman–Crippen MR) is 94.8 cm³/mol. The van der Waals surface area contributed by atoms with E-state index in [4.69, 9.17) is 4.42 Å². The van der Waals surface area contributed by atoms with Crippen molar-refractivity contribution < 1.29 is 19.1 Å². The Hall–Kier alpha value is -1.43. The molecule has 1 aromatic heterocycles. The van der Waals surface area contributed by atoms with Crippen molar-refractivity contribution >= 4 is 23.6 Å². The molecule has 0 saturated carbocycles. The van der Waals surface area contributed by atoms with Crippen molar-refractivity contribution in [2.75, 3.05) is 5.75 Å². The largest absolute Gasteiger partial charge is 0.480 e. The first-order valence-electron chi connectivity index (χ1n) is 8.84. The third-order valence-corrected chi connectivity index (χ3v) is 5.64. The molecule has 2 unspecified atom stereocenters. The maximum absolute atomic E-state index is 12.6. The molecule has 0 spiro atoms. The van der Waals surface area contributed by atoms with E-state index in [0.29, 0.717) is 17.9 Å². The summed E-state index contributed by atoms with van der Waals surface area (Å²) in [6.07, 6.45) is 9.95. The van der Waals surface area contributed by atoms with E-state index < -0.39 is 12.0 Å². The highest BCUT2D eigenvalue weighted by atomic mass is 32.2. The molecule has 0 aliphatic carbocycles. The molecule has 2 heterocycles. The Kier molecular flexibility index (Phi) is 7.69. The molecular weight excluding hydrogens is 326 g/mol. The van der Waals surface area contributed by atoms with Crippen LogP contribution >= 0.6 is 11.8 Å². The van der Waals surface area contributed by atoms with Crippen LogP contribution in [-0.4, -0.2) is 33.7 Å². The number of nitrogens with zero attached hydrogens (tertiary/aromatic N) is 1. The third-order valence-electron chi connectivity index (χ3n) is 4.35. The minimum absolute atomic E-state index is 0.0811. The van der Waals surface area contributed by atoms with E-state index in [0.717, 1.165) is 19.3 Å². The van der Waals surface area contributed by atoms with Gasteiger partial charge in [-0.15, -0.1) is 11.8 Å².